The molecule has 0 radical (unpaired) electrons. The third-order valence-corrected chi connectivity index (χ3v) is 6.93. The van der Waals surface area contributed by atoms with Gasteiger partial charge in [-0.3, -0.25) is 9.36 Å². The number of carbonyl (C=O) groups is 1. The first-order valence-corrected chi connectivity index (χ1v) is 12.3. The number of para-hydroxylation sites is 2. The summed E-state index contributed by atoms with van der Waals surface area (Å²) >= 11 is 0. The highest BCUT2D eigenvalue weighted by Crippen LogP contribution is 2.29. The molecular weight excluding hydrogens is 470 g/mol. The third kappa shape index (κ3) is 4.35. The van der Waals surface area contributed by atoms with Crippen LogP contribution < -0.4 is 15.5 Å². The number of ether oxygens (including phenoxy) is 1. The quantitative estimate of drug-likeness (QED) is 0.532. The van der Waals surface area contributed by atoms with Crippen molar-refractivity contribution in [2.45, 2.75) is 31.4 Å². The van der Waals surface area contributed by atoms with Gasteiger partial charge >= 0.3 is 0 Å². The Labute approximate surface area is 206 Å². The lowest BCUT2D eigenvalue weighted by Gasteiger charge is -2.41. The molecule has 3 aromatic rings. The number of halogens is 2. The predicted octanol–water partition coefficient (Wildman–Crippen LogP) is 1.96. The topological polar surface area (TPSA) is 100 Å². The molecule has 190 valence electrons. The molecule has 0 unspecified atom stereocenters. The molecule has 2 N–H and O–H groups in total. The summed E-state index contributed by atoms with van der Waals surface area (Å²) in [5.41, 5.74) is 1.03. The van der Waals surface area contributed by atoms with E-state index in [1.54, 1.807) is 30.3 Å². The van der Waals surface area contributed by atoms with E-state index in [1.807, 2.05) is 4.90 Å². The van der Waals surface area contributed by atoms with Crippen LogP contribution in [0.5, 0.6) is 0 Å². The molecule has 0 saturated carbocycles. The van der Waals surface area contributed by atoms with Crippen molar-refractivity contribution >= 4 is 28.7 Å². The fraction of sp³-hybridized carbons (Fsp3) is 0.500. The number of aromatic nitrogens is 4. The van der Waals surface area contributed by atoms with Crippen LogP contribution in [0.3, 0.4) is 0 Å². The summed E-state index contributed by atoms with van der Waals surface area (Å²) in [5.74, 6) is 1.05. The first kappa shape index (κ1) is 23.0. The molecule has 5 heterocycles. The number of likely N-dealkylation sites (tertiary alicyclic amines) is 1. The van der Waals surface area contributed by atoms with Crippen molar-refractivity contribution in [3.8, 4) is 5.82 Å². The number of imidazole rings is 1. The molecule has 3 aliphatic heterocycles. The highest BCUT2D eigenvalue weighted by molar-refractivity contribution is 5.83. The molecule has 0 spiro atoms. The van der Waals surface area contributed by atoms with Gasteiger partial charge in [-0.1, -0.05) is 12.1 Å². The van der Waals surface area contributed by atoms with Crippen LogP contribution in [0.25, 0.3) is 16.9 Å². The van der Waals surface area contributed by atoms with Gasteiger partial charge in [0.15, 0.2) is 5.82 Å². The molecule has 1 aromatic carbocycles. The SMILES string of the molecule is O=C([C@@H]1CCCN1)N1CC(Nc2nc(N3CCOCC3)cc(-n3c(C(F)F)nc4ccccc43)n2)C1. The van der Waals surface area contributed by atoms with Crippen molar-refractivity contribution in [1.82, 2.24) is 29.7 Å². The van der Waals surface area contributed by atoms with Crippen LogP contribution in [-0.4, -0.2) is 88.3 Å². The summed E-state index contributed by atoms with van der Waals surface area (Å²) in [7, 11) is 0. The van der Waals surface area contributed by atoms with Crippen molar-refractivity contribution in [2.24, 2.45) is 0 Å². The van der Waals surface area contributed by atoms with Gasteiger partial charge in [-0.15, -0.1) is 0 Å². The molecule has 3 fully saturated rings. The molecule has 1 atom stereocenters. The summed E-state index contributed by atoms with van der Waals surface area (Å²) in [6.45, 7) is 4.38. The van der Waals surface area contributed by atoms with Crippen molar-refractivity contribution in [1.29, 1.82) is 0 Å². The molecule has 1 amide bonds. The molecule has 12 heteroatoms. The first-order chi connectivity index (χ1) is 17.6. The van der Waals surface area contributed by atoms with Gasteiger partial charge in [-0.2, -0.15) is 9.97 Å². The minimum Gasteiger partial charge on any atom is -0.378 e. The average Bonchev–Trinajstić information content (AvgIpc) is 3.54. The Kier molecular flexibility index (Phi) is 6.13. The maximum absolute atomic E-state index is 14.0. The predicted molar refractivity (Wildman–Crippen MR) is 130 cm³/mol. The number of anilines is 2. The van der Waals surface area contributed by atoms with E-state index in [9.17, 15) is 13.6 Å². The van der Waals surface area contributed by atoms with Gasteiger partial charge in [0.25, 0.3) is 6.43 Å². The smallest absolute Gasteiger partial charge is 0.296 e. The molecule has 10 nitrogen and oxygen atoms in total. The van der Waals surface area contributed by atoms with Crippen molar-refractivity contribution in [3.05, 3.63) is 36.2 Å². The van der Waals surface area contributed by atoms with Gasteiger partial charge in [-0.05, 0) is 31.5 Å². The Morgan fingerprint density at radius 2 is 1.89 bits per heavy atom. The number of hydrogen-bond acceptors (Lipinski definition) is 8. The maximum atomic E-state index is 14.0. The van der Waals surface area contributed by atoms with Gasteiger partial charge in [0, 0.05) is 32.2 Å². The lowest BCUT2D eigenvalue weighted by atomic mass is 10.1. The summed E-state index contributed by atoms with van der Waals surface area (Å²) in [4.78, 5) is 30.0. The summed E-state index contributed by atoms with van der Waals surface area (Å²) in [6.07, 6.45) is -0.890. The van der Waals surface area contributed by atoms with E-state index in [2.05, 4.69) is 25.5 Å². The van der Waals surface area contributed by atoms with E-state index in [-0.39, 0.29) is 23.8 Å². The molecular formula is C24H28F2N8O2. The molecule has 2 aromatic heterocycles. The number of morpholine rings is 1. The number of alkyl halides is 2. The second-order valence-corrected chi connectivity index (χ2v) is 9.34. The second kappa shape index (κ2) is 9.58. The van der Waals surface area contributed by atoms with Gasteiger partial charge < -0.3 is 25.2 Å². The monoisotopic (exact) mass is 498 g/mol. The van der Waals surface area contributed by atoms with Crippen LogP contribution in [0, 0.1) is 0 Å². The third-order valence-electron chi connectivity index (χ3n) is 6.93. The molecule has 0 aliphatic carbocycles. The Bertz CT molecular complexity index is 1250. The van der Waals surface area contributed by atoms with Crippen molar-refractivity contribution in [3.63, 3.8) is 0 Å². The zero-order chi connectivity index (χ0) is 24.6. The summed E-state index contributed by atoms with van der Waals surface area (Å²) < 4.78 is 34.9. The highest BCUT2D eigenvalue weighted by atomic mass is 19.3. The number of rotatable bonds is 6. The lowest BCUT2D eigenvalue weighted by Crippen LogP contribution is -2.60. The largest absolute Gasteiger partial charge is 0.378 e. The Balaban J connectivity index is 1.31. The number of carbonyl (C=O) groups excluding carboxylic acids is 1. The lowest BCUT2D eigenvalue weighted by molar-refractivity contribution is -0.137. The van der Waals surface area contributed by atoms with Crippen LogP contribution in [0.1, 0.15) is 25.1 Å². The fourth-order valence-electron chi connectivity index (χ4n) is 5.04. The van der Waals surface area contributed by atoms with Gasteiger partial charge in [-0.25, -0.2) is 13.8 Å². The van der Waals surface area contributed by atoms with Crippen molar-refractivity contribution in [2.75, 3.05) is 56.2 Å². The molecule has 0 bridgehead atoms. The molecule has 6 rings (SSSR count). The zero-order valence-corrected chi connectivity index (χ0v) is 19.7. The molecule has 3 saturated heterocycles. The normalized spacial score (nSPS) is 20.8. The Morgan fingerprint density at radius 1 is 1.11 bits per heavy atom. The molecule has 3 aliphatic rings. The van der Waals surface area contributed by atoms with E-state index in [0.29, 0.717) is 68.0 Å². The number of benzene rings is 1. The number of fused-ring (bicyclic) bond motifs is 1. The van der Waals surface area contributed by atoms with Crippen LogP contribution in [0.2, 0.25) is 0 Å². The number of hydrogen-bond donors (Lipinski definition) is 2. The van der Waals surface area contributed by atoms with E-state index in [4.69, 9.17) is 9.72 Å². The van der Waals surface area contributed by atoms with E-state index in [1.165, 1.54) is 4.57 Å². The number of nitrogens with one attached hydrogen (secondary N) is 2. The number of amides is 1. The first-order valence-electron chi connectivity index (χ1n) is 12.3. The van der Waals surface area contributed by atoms with Crippen LogP contribution in [0.4, 0.5) is 20.5 Å². The summed E-state index contributed by atoms with van der Waals surface area (Å²) in [5, 5.41) is 6.56. The number of nitrogens with zero attached hydrogens (tertiary/aromatic N) is 6. The van der Waals surface area contributed by atoms with Gasteiger partial charge in [0.05, 0.1) is 36.3 Å². The summed E-state index contributed by atoms with van der Waals surface area (Å²) in [6, 6.07) is 8.63. The van der Waals surface area contributed by atoms with E-state index >= 15 is 0 Å². The van der Waals surface area contributed by atoms with Gasteiger partial charge in [0.2, 0.25) is 11.9 Å². The van der Waals surface area contributed by atoms with Crippen LogP contribution in [0.15, 0.2) is 30.3 Å². The van der Waals surface area contributed by atoms with Crippen LogP contribution in [-0.2, 0) is 9.53 Å². The van der Waals surface area contributed by atoms with Gasteiger partial charge in [0.1, 0.15) is 11.6 Å². The van der Waals surface area contributed by atoms with Crippen LogP contribution >= 0.6 is 0 Å². The minimum atomic E-state index is -2.77. The highest BCUT2D eigenvalue weighted by Gasteiger charge is 2.36. The Hall–Kier alpha value is -3.38. The fourth-order valence-corrected chi connectivity index (χ4v) is 5.04. The molecule has 36 heavy (non-hydrogen) atoms. The maximum Gasteiger partial charge on any atom is 0.296 e. The van der Waals surface area contributed by atoms with E-state index < -0.39 is 6.43 Å². The minimum absolute atomic E-state index is 0.0164. The standard InChI is InChI=1S/C24H28F2N8O2/c25-21(26)22-29-16-4-1-2-6-18(16)34(22)20-12-19(32-8-10-36-11-9-32)30-24(31-20)28-15-13-33(14-15)23(35)17-5-3-7-27-17/h1-2,4,6,12,15,17,21,27H,3,5,7-11,13-14H2,(H,28,30,31)/t17-/m0/s1. The van der Waals surface area contributed by atoms with Crippen molar-refractivity contribution < 1.29 is 18.3 Å². The zero-order valence-electron chi connectivity index (χ0n) is 19.7. The second-order valence-electron chi connectivity index (χ2n) is 9.34. The van der Waals surface area contributed by atoms with E-state index in [0.717, 1.165) is 19.4 Å². The average molecular weight is 499 g/mol. The Morgan fingerprint density at radius 3 is 2.64 bits per heavy atom.